The first kappa shape index (κ1) is 10.7. The van der Waals surface area contributed by atoms with Gasteiger partial charge in [0.05, 0.1) is 11.8 Å². The molecule has 84 valence electrons. The van der Waals surface area contributed by atoms with Crippen LogP contribution in [0.15, 0.2) is 0 Å². The van der Waals surface area contributed by atoms with Crippen molar-refractivity contribution in [1.82, 2.24) is 0 Å². The van der Waals surface area contributed by atoms with Crippen LogP contribution in [0.25, 0.3) is 0 Å². The zero-order chi connectivity index (χ0) is 10.7. The van der Waals surface area contributed by atoms with E-state index >= 15 is 0 Å². The Morgan fingerprint density at radius 1 is 0.733 bits per heavy atom. The minimum Gasteiger partial charge on any atom is -0.393 e. The van der Waals surface area contributed by atoms with Gasteiger partial charge in [0.1, 0.15) is 0 Å². The zero-order valence-corrected chi connectivity index (χ0v) is 9.04. The number of rotatable bonds is 2. The summed E-state index contributed by atoms with van der Waals surface area (Å²) in [5, 5.41) is 0. The molecule has 0 N–H and O–H groups in total. The molecule has 0 heterocycles. The second-order valence-corrected chi connectivity index (χ2v) is 4.70. The Bertz CT molecular complexity index is 222. The maximum atomic E-state index is 11.6. The van der Waals surface area contributed by atoms with E-state index in [4.69, 9.17) is 4.74 Å². The van der Waals surface area contributed by atoms with E-state index in [2.05, 4.69) is 0 Å². The van der Waals surface area contributed by atoms with Crippen molar-refractivity contribution in [1.29, 1.82) is 0 Å². The van der Waals surface area contributed by atoms with Gasteiger partial charge in [-0.25, -0.2) is 0 Å². The first-order valence-corrected chi connectivity index (χ1v) is 6.03. The summed E-state index contributed by atoms with van der Waals surface area (Å²) in [7, 11) is 0. The van der Waals surface area contributed by atoms with Crippen molar-refractivity contribution < 1.29 is 14.3 Å². The molecular formula is C12H18O3. The second kappa shape index (κ2) is 4.77. The lowest BCUT2D eigenvalue weighted by Crippen LogP contribution is -2.23. The van der Waals surface area contributed by atoms with Crippen LogP contribution in [0.1, 0.15) is 51.4 Å². The minimum absolute atomic E-state index is 0.00430. The molecule has 0 atom stereocenters. The molecule has 0 unspecified atom stereocenters. The maximum Gasteiger partial charge on any atom is 0.316 e. The highest BCUT2D eigenvalue weighted by Gasteiger charge is 2.30. The molecule has 0 aromatic rings. The molecule has 2 saturated carbocycles. The highest BCUT2D eigenvalue weighted by atomic mass is 16.6. The molecule has 2 aliphatic rings. The Morgan fingerprint density at radius 3 is 1.40 bits per heavy atom. The molecule has 3 heteroatoms. The summed E-state index contributed by atoms with van der Waals surface area (Å²) >= 11 is 0. The second-order valence-electron chi connectivity index (χ2n) is 4.70. The van der Waals surface area contributed by atoms with E-state index in [0.717, 1.165) is 51.4 Å². The molecule has 0 aliphatic heterocycles. The van der Waals surface area contributed by atoms with Crippen molar-refractivity contribution >= 4 is 11.9 Å². The largest absolute Gasteiger partial charge is 0.393 e. The van der Waals surface area contributed by atoms with Crippen LogP contribution in [0.3, 0.4) is 0 Å². The predicted molar refractivity (Wildman–Crippen MR) is 55.0 cm³/mol. The van der Waals surface area contributed by atoms with Crippen LogP contribution >= 0.6 is 0 Å². The van der Waals surface area contributed by atoms with Crippen LogP contribution in [0.2, 0.25) is 0 Å². The molecule has 15 heavy (non-hydrogen) atoms. The van der Waals surface area contributed by atoms with Crippen molar-refractivity contribution in [2.24, 2.45) is 11.8 Å². The predicted octanol–water partition coefficient (Wildman–Crippen LogP) is 2.44. The Morgan fingerprint density at radius 2 is 1.07 bits per heavy atom. The Kier molecular flexibility index (Phi) is 3.39. The van der Waals surface area contributed by atoms with E-state index in [1.165, 1.54) is 0 Å². The van der Waals surface area contributed by atoms with Gasteiger partial charge in [-0.15, -0.1) is 0 Å². The molecule has 0 radical (unpaired) electrons. The van der Waals surface area contributed by atoms with Gasteiger partial charge < -0.3 is 4.74 Å². The third kappa shape index (κ3) is 2.58. The number of esters is 2. The minimum atomic E-state index is -0.274. The molecule has 0 amide bonds. The van der Waals surface area contributed by atoms with E-state index < -0.39 is 0 Å². The number of hydrogen-bond donors (Lipinski definition) is 0. The normalized spacial score (nSPS) is 23.2. The molecule has 0 aromatic carbocycles. The van der Waals surface area contributed by atoms with Gasteiger partial charge in [0.2, 0.25) is 0 Å². The van der Waals surface area contributed by atoms with E-state index in [-0.39, 0.29) is 23.8 Å². The zero-order valence-electron chi connectivity index (χ0n) is 9.04. The summed E-state index contributed by atoms with van der Waals surface area (Å²) in [6.45, 7) is 0. The fourth-order valence-electron chi connectivity index (χ4n) is 2.59. The average Bonchev–Trinajstić information content (AvgIpc) is 2.91. The molecule has 2 rings (SSSR count). The lowest BCUT2D eigenvalue weighted by molar-refractivity contribution is -0.165. The van der Waals surface area contributed by atoms with Crippen molar-refractivity contribution in [3.63, 3.8) is 0 Å². The smallest absolute Gasteiger partial charge is 0.316 e. The van der Waals surface area contributed by atoms with Crippen LogP contribution in [0, 0.1) is 11.8 Å². The summed E-state index contributed by atoms with van der Waals surface area (Å²) in [6.07, 6.45) is 7.98. The molecule has 3 nitrogen and oxygen atoms in total. The van der Waals surface area contributed by atoms with E-state index in [0.29, 0.717) is 0 Å². The number of hydrogen-bond acceptors (Lipinski definition) is 3. The molecule has 0 aromatic heterocycles. The van der Waals surface area contributed by atoms with Crippen LogP contribution in [-0.4, -0.2) is 11.9 Å². The van der Waals surface area contributed by atoms with Crippen LogP contribution in [0.5, 0.6) is 0 Å². The summed E-state index contributed by atoms with van der Waals surface area (Å²) in [5.41, 5.74) is 0. The van der Waals surface area contributed by atoms with Crippen molar-refractivity contribution in [2.45, 2.75) is 51.4 Å². The molecule has 0 spiro atoms. The lowest BCUT2D eigenvalue weighted by atomic mass is 10.1. The fourth-order valence-corrected chi connectivity index (χ4v) is 2.59. The molecule has 0 saturated heterocycles. The van der Waals surface area contributed by atoms with Gasteiger partial charge in [-0.3, -0.25) is 9.59 Å². The average molecular weight is 210 g/mol. The van der Waals surface area contributed by atoms with Gasteiger partial charge in [0.25, 0.3) is 0 Å². The topological polar surface area (TPSA) is 43.4 Å². The quantitative estimate of drug-likeness (QED) is 0.519. The van der Waals surface area contributed by atoms with Gasteiger partial charge >= 0.3 is 11.9 Å². The van der Waals surface area contributed by atoms with Gasteiger partial charge in [-0.05, 0) is 25.7 Å². The van der Waals surface area contributed by atoms with Crippen LogP contribution in [-0.2, 0) is 14.3 Å². The molecule has 2 fully saturated rings. The highest BCUT2D eigenvalue weighted by Crippen LogP contribution is 2.29. The third-order valence-corrected chi connectivity index (χ3v) is 3.58. The van der Waals surface area contributed by atoms with Crippen LogP contribution < -0.4 is 0 Å². The van der Waals surface area contributed by atoms with Crippen molar-refractivity contribution in [3.8, 4) is 0 Å². The number of ether oxygens (including phenoxy) is 1. The highest BCUT2D eigenvalue weighted by molar-refractivity contribution is 5.88. The van der Waals surface area contributed by atoms with Gasteiger partial charge in [0, 0.05) is 0 Å². The van der Waals surface area contributed by atoms with Crippen LogP contribution in [0.4, 0.5) is 0 Å². The van der Waals surface area contributed by atoms with Gasteiger partial charge in [-0.1, -0.05) is 25.7 Å². The Hall–Kier alpha value is -0.860. The molecule has 0 bridgehead atoms. The van der Waals surface area contributed by atoms with Crippen molar-refractivity contribution in [3.05, 3.63) is 0 Å². The molecule has 2 aliphatic carbocycles. The summed E-state index contributed by atoms with van der Waals surface area (Å²) in [4.78, 5) is 23.1. The van der Waals surface area contributed by atoms with Crippen molar-refractivity contribution in [2.75, 3.05) is 0 Å². The lowest BCUT2D eigenvalue weighted by Gasteiger charge is -2.11. The summed E-state index contributed by atoms with van der Waals surface area (Å²) < 4.78 is 4.94. The fraction of sp³-hybridized carbons (Fsp3) is 0.833. The SMILES string of the molecule is O=C(OC(=O)C1CCCC1)C1CCCC1. The van der Waals surface area contributed by atoms with E-state index in [1.807, 2.05) is 0 Å². The summed E-state index contributed by atoms with van der Waals surface area (Å²) in [6, 6.07) is 0. The Labute approximate surface area is 90.2 Å². The monoisotopic (exact) mass is 210 g/mol. The molecular weight excluding hydrogens is 192 g/mol. The summed E-state index contributed by atoms with van der Waals surface area (Å²) in [5.74, 6) is -0.556. The van der Waals surface area contributed by atoms with Gasteiger partial charge in [0.15, 0.2) is 0 Å². The Balaban J connectivity index is 1.79. The standard InChI is InChI=1S/C12H18O3/c13-11(9-5-1-2-6-9)15-12(14)10-7-3-4-8-10/h9-10H,1-8H2. The van der Waals surface area contributed by atoms with Gasteiger partial charge in [-0.2, -0.15) is 0 Å². The third-order valence-electron chi connectivity index (χ3n) is 3.58. The maximum absolute atomic E-state index is 11.6. The number of carbonyl (C=O) groups is 2. The van der Waals surface area contributed by atoms with E-state index in [1.54, 1.807) is 0 Å². The number of carbonyl (C=O) groups excluding carboxylic acids is 2. The first-order valence-electron chi connectivity index (χ1n) is 6.03. The first-order chi connectivity index (χ1) is 7.27. The van der Waals surface area contributed by atoms with E-state index in [9.17, 15) is 9.59 Å².